The van der Waals surface area contributed by atoms with Crippen molar-refractivity contribution >= 4 is 10.9 Å². The van der Waals surface area contributed by atoms with Gasteiger partial charge in [-0.25, -0.2) is 0 Å². The van der Waals surface area contributed by atoms with Crippen molar-refractivity contribution in [1.29, 1.82) is 0 Å². The van der Waals surface area contributed by atoms with Gasteiger partial charge in [0.1, 0.15) is 23.7 Å². The van der Waals surface area contributed by atoms with Crippen LogP contribution in [0.25, 0.3) is 10.9 Å². The second-order valence-electron chi connectivity index (χ2n) is 9.27. The van der Waals surface area contributed by atoms with Crippen molar-refractivity contribution < 1.29 is 39.7 Å². The summed E-state index contributed by atoms with van der Waals surface area (Å²) >= 11 is 0. The first kappa shape index (κ1) is 24.0. The Hall–Kier alpha value is -2.73. The molecule has 1 saturated heterocycles. The molecule has 5 rings (SSSR count). The summed E-state index contributed by atoms with van der Waals surface area (Å²) < 4.78 is 18.2. The Balaban J connectivity index is 1.48. The molecule has 5 atom stereocenters. The van der Waals surface area contributed by atoms with E-state index in [1.807, 2.05) is 25.1 Å². The average molecular weight is 487 g/mol. The first-order valence-corrected chi connectivity index (χ1v) is 11.6. The predicted molar refractivity (Wildman–Crippen MR) is 124 cm³/mol. The summed E-state index contributed by atoms with van der Waals surface area (Å²) in [6.45, 7) is 1.89. The van der Waals surface area contributed by atoms with Crippen molar-refractivity contribution in [3.8, 4) is 11.5 Å². The summed E-state index contributed by atoms with van der Waals surface area (Å²) in [6, 6.07) is 9.75. The highest BCUT2D eigenvalue weighted by molar-refractivity contribution is 5.89. The molecule has 0 amide bonds. The van der Waals surface area contributed by atoms with Crippen LogP contribution in [0.4, 0.5) is 0 Å². The van der Waals surface area contributed by atoms with Crippen LogP contribution < -0.4 is 9.47 Å². The van der Waals surface area contributed by atoms with E-state index in [1.165, 1.54) is 5.56 Å². The minimum absolute atomic E-state index is 0.185. The van der Waals surface area contributed by atoms with Gasteiger partial charge >= 0.3 is 0 Å². The number of hydrogen-bond acceptors (Lipinski definition) is 9. The second kappa shape index (κ2) is 9.05. The minimum Gasteiger partial charge on any atom is -0.493 e. The van der Waals surface area contributed by atoms with E-state index in [1.54, 1.807) is 17.8 Å². The number of fused-ring (bicyclic) bond motifs is 2. The first-order valence-electron chi connectivity index (χ1n) is 11.6. The van der Waals surface area contributed by atoms with Gasteiger partial charge in [0.2, 0.25) is 6.29 Å². The van der Waals surface area contributed by atoms with E-state index in [2.05, 4.69) is 11.2 Å². The van der Waals surface area contributed by atoms with E-state index in [0.29, 0.717) is 30.5 Å². The molecule has 2 aromatic carbocycles. The lowest BCUT2D eigenvalue weighted by atomic mass is 9.95. The van der Waals surface area contributed by atoms with Crippen LogP contribution in [0.3, 0.4) is 0 Å². The summed E-state index contributed by atoms with van der Waals surface area (Å²) in [7, 11) is 1.81. The number of aromatic nitrogens is 2. The number of nitrogens with zero attached hydrogens (tertiary/aromatic N) is 2. The van der Waals surface area contributed by atoms with E-state index in [4.69, 9.17) is 14.2 Å². The Kier molecular flexibility index (Phi) is 6.20. The molecule has 2 aliphatic heterocycles. The highest BCUT2D eigenvalue weighted by atomic mass is 16.7. The standard InChI is InChI=1S/C25H30N2O8/c1-13-9-17-21(19(10-13)35-25(32)23(30)22(29)20(12-28)34-24(25)31)16(26-27(17)2)5-3-14-4-6-18-15(11-14)7-8-33-18/h4,6,9-11,20,22-24,28-32H,3,5,7-8,12H2,1-2H3/t20-,22-,23+,24+,25+/m1/s1. The van der Waals surface area contributed by atoms with Gasteiger partial charge in [0.05, 0.1) is 29.8 Å². The number of aliphatic hydroxyl groups excluding tert-OH is 4. The molecule has 0 saturated carbocycles. The molecule has 5 N–H and O–H groups in total. The molecule has 0 radical (unpaired) electrons. The smallest absolute Gasteiger partial charge is 0.288 e. The maximum atomic E-state index is 11.1. The van der Waals surface area contributed by atoms with Gasteiger partial charge in [-0.2, -0.15) is 5.10 Å². The highest BCUT2D eigenvalue weighted by Gasteiger charge is 2.57. The normalized spacial score (nSPS) is 28.2. The van der Waals surface area contributed by atoms with Crippen LogP contribution in [0.15, 0.2) is 30.3 Å². The molecule has 10 heteroatoms. The summed E-state index contributed by atoms with van der Waals surface area (Å²) in [4.78, 5) is 0. The van der Waals surface area contributed by atoms with E-state index < -0.39 is 37.0 Å². The molecule has 35 heavy (non-hydrogen) atoms. The van der Waals surface area contributed by atoms with Gasteiger partial charge in [0.15, 0.2) is 6.10 Å². The van der Waals surface area contributed by atoms with Crippen LogP contribution in [-0.2, 0) is 31.0 Å². The van der Waals surface area contributed by atoms with E-state index >= 15 is 0 Å². The third-order valence-corrected chi connectivity index (χ3v) is 6.78. The Morgan fingerprint density at radius 2 is 1.97 bits per heavy atom. The van der Waals surface area contributed by atoms with Crippen molar-refractivity contribution in [2.75, 3.05) is 13.2 Å². The van der Waals surface area contributed by atoms with Crippen molar-refractivity contribution in [3.63, 3.8) is 0 Å². The first-order chi connectivity index (χ1) is 16.7. The minimum atomic E-state index is -2.67. The molecule has 188 valence electrons. The third kappa shape index (κ3) is 4.16. The molecule has 3 aromatic rings. The fraction of sp³-hybridized carbons (Fsp3) is 0.480. The fourth-order valence-corrected chi connectivity index (χ4v) is 4.85. The molecule has 10 nitrogen and oxygen atoms in total. The molecule has 1 fully saturated rings. The molecule has 2 aliphatic rings. The molecule has 3 heterocycles. The van der Waals surface area contributed by atoms with Crippen molar-refractivity contribution in [3.05, 3.63) is 52.7 Å². The summed E-state index contributed by atoms with van der Waals surface area (Å²) in [5, 5.41) is 56.9. The topological polar surface area (TPSA) is 147 Å². The van der Waals surface area contributed by atoms with E-state index in [9.17, 15) is 25.5 Å². The van der Waals surface area contributed by atoms with Crippen LogP contribution in [0, 0.1) is 6.92 Å². The lowest BCUT2D eigenvalue weighted by molar-refractivity contribution is -0.385. The van der Waals surface area contributed by atoms with Gasteiger partial charge in [-0.1, -0.05) is 12.1 Å². The van der Waals surface area contributed by atoms with Crippen LogP contribution in [0.5, 0.6) is 11.5 Å². The lowest BCUT2D eigenvalue weighted by Crippen LogP contribution is -2.69. The third-order valence-electron chi connectivity index (χ3n) is 6.78. The highest BCUT2D eigenvalue weighted by Crippen LogP contribution is 2.37. The van der Waals surface area contributed by atoms with E-state index in [0.717, 1.165) is 28.8 Å². The summed E-state index contributed by atoms with van der Waals surface area (Å²) in [5.74, 6) is -1.56. The number of rotatable bonds is 6. The maximum Gasteiger partial charge on any atom is 0.288 e. The monoisotopic (exact) mass is 486 g/mol. The molecular formula is C25H30N2O8. The number of aliphatic hydroxyl groups is 5. The fourth-order valence-electron chi connectivity index (χ4n) is 4.85. The van der Waals surface area contributed by atoms with Gasteiger partial charge < -0.3 is 39.7 Å². The van der Waals surface area contributed by atoms with Gasteiger partial charge in [-0.05, 0) is 54.7 Å². The zero-order valence-corrected chi connectivity index (χ0v) is 19.6. The predicted octanol–water partition coefficient (Wildman–Crippen LogP) is 0.101. The maximum absolute atomic E-state index is 11.1. The Bertz CT molecular complexity index is 1240. The Labute approximate surface area is 201 Å². The van der Waals surface area contributed by atoms with Crippen molar-refractivity contribution in [2.45, 2.75) is 56.6 Å². The number of ether oxygens (including phenoxy) is 3. The Morgan fingerprint density at radius 3 is 2.74 bits per heavy atom. The molecular weight excluding hydrogens is 456 g/mol. The van der Waals surface area contributed by atoms with Gasteiger partial charge in [0.25, 0.3) is 5.79 Å². The quantitative estimate of drug-likeness (QED) is 0.306. The van der Waals surface area contributed by atoms with Gasteiger partial charge in [-0.15, -0.1) is 0 Å². The molecule has 0 aliphatic carbocycles. The molecule has 0 spiro atoms. The number of benzene rings is 2. The van der Waals surface area contributed by atoms with Gasteiger partial charge in [0, 0.05) is 13.5 Å². The zero-order chi connectivity index (χ0) is 24.9. The number of aryl methyl sites for hydroxylation is 4. The summed E-state index contributed by atoms with van der Waals surface area (Å²) in [6.07, 6.45) is -4.72. The van der Waals surface area contributed by atoms with Crippen LogP contribution in [0.1, 0.15) is 22.4 Å². The Morgan fingerprint density at radius 1 is 1.17 bits per heavy atom. The molecule has 0 bridgehead atoms. The van der Waals surface area contributed by atoms with Crippen LogP contribution in [-0.4, -0.2) is 78.9 Å². The van der Waals surface area contributed by atoms with E-state index in [-0.39, 0.29) is 5.75 Å². The SMILES string of the molecule is Cc1cc(O[C@]2(O)[C@@H](O)O[C@H](CO)[C@@H](O)[C@@H]2O)c2c(CCc3ccc4c(c3)CCO4)nn(C)c2c1. The molecule has 1 aromatic heterocycles. The van der Waals surface area contributed by atoms with Crippen LogP contribution >= 0.6 is 0 Å². The second-order valence-corrected chi connectivity index (χ2v) is 9.27. The molecule has 0 unspecified atom stereocenters. The van der Waals surface area contributed by atoms with Crippen molar-refractivity contribution in [1.82, 2.24) is 9.78 Å². The van der Waals surface area contributed by atoms with Crippen molar-refractivity contribution in [2.24, 2.45) is 7.05 Å². The summed E-state index contributed by atoms with van der Waals surface area (Å²) in [5.41, 5.74) is 4.60. The number of hydrogen-bond donors (Lipinski definition) is 5. The average Bonchev–Trinajstić information content (AvgIpc) is 3.42. The zero-order valence-electron chi connectivity index (χ0n) is 19.6. The van der Waals surface area contributed by atoms with Gasteiger partial charge in [-0.3, -0.25) is 4.68 Å². The van der Waals surface area contributed by atoms with Crippen LogP contribution in [0.2, 0.25) is 0 Å². The lowest BCUT2D eigenvalue weighted by Gasteiger charge is -2.45. The largest absolute Gasteiger partial charge is 0.493 e.